The van der Waals surface area contributed by atoms with Gasteiger partial charge in [-0.15, -0.1) is 0 Å². The molecular weight excluding hydrogens is 320 g/mol. The molecule has 0 aliphatic carbocycles. The third kappa shape index (κ3) is 4.10. The second kappa shape index (κ2) is 6.74. The first-order chi connectivity index (χ1) is 11.9. The highest BCUT2D eigenvalue weighted by Crippen LogP contribution is 2.29. The summed E-state index contributed by atoms with van der Waals surface area (Å²) < 4.78 is 10.7. The highest BCUT2D eigenvalue weighted by atomic mass is 16.6. The van der Waals surface area contributed by atoms with Crippen LogP contribution in [0.4, 0.5) is 10.6 Å². The van der Waals surface area contributed by atoms with Crippen LogP contribution in [0.25, 0.3) is 11.0 Å². The van der Waals surface area contributed by atoms with Gasteiger partial charge in [0.05, 0.1) is 24.2 Å². The zero-order chi connectivity index (χ0) is 18.0. The number of methoxy groups -OCH3 is 1. The molecular formula is C18H24N4O3. The number of hydrogen-bond donors (Lipinski definition) is 1. The molecule has 3 rings (SSSR count). The summed E-state index contributed by atoms with van der Waals surface area (Å²) in [6.45, 7) is 6.96. The Morgan fingerprint density at radius 1 is 1.24 bits per heavy atom. The Balaban J connectivity index is 1.73. The Bertz CT molecular complexity index is 772. The lowest BCUT2D eigenvalue weighted by atomic mass is 10.2. The quantitative estimate of drug-likeness (QED) is 0.923. The molecule has 7 heteroatoms. The number of aromatic nitrogens is 2. The fourth-order valence-electron chi connectivity index (χ4n) is 2.86. The van der Waals surface area contributed by atoms with Crippen molar-refractivity contribution in [3.05, 3.63) is 24.3 Å². The van der Waals surface area contributed by atoms with Gasteiger partial charge in [0.15, 0.2) is 5.82 Å². The SMILES string of the molecule is COc1nc2ccccc2nc1N1CCC(NC(=O)OC(C)(C)C)C1. The monoisotopic (exact) mass is 344 g/mol. The van der Waals surface area contributed by atoms with Gasteiger partial charge in [0.1, 0.15) is 5.60 Å². The number of ether oxygens (including phenoxy) is 2. The Morgan fingerprint density at radius 2 is 1.92 bits per heavy atom. The van der Waals surface area contributed by atoms with E-state index in [9.17, 15) is 4.79 Å². The summed E-state index contributed by atoms with van der Waals surface area (Å²) in [6.07, 6.45) is 0.424. The van der Waals surface area contributed by atoms with Gasteiger partial charge < -0.3 is 19.7 Å². The van der Waals surface area contributed by atoms with E-state index in [1.165, 1.54) is 0 Å². The topological polar surface area (TPSA) is 76.6 Å². The maximum Gasteiger partial charge on any atom is 0.407 e. The average Bonchev–Trinajstić information content (AvgIpc) is 2.99. The van der Waals surface area contributed by atoms with Crippen LogP contribution in [0, 0.1) is 0 Å². The fraction of sp³-hybridized carbons (Fsp3) is 0.500. The molecule has 0 radical (unpaired) electrons. The lowest BCUT2D eigenvalue weighted by molar-refractivity contribution is 0.0509. The minimum Gasteiger partial charge on any atom is -0.478 e. The van der Waals surface area contributed by atoms with Gasteiger partial charge in [0.2, 0.25) is 0 Å². The number of carbonyl (C=O) groups excluding carboxylic acids is 1. The van der Waals surface area contributed by atoms with E-state index in [1.807, 2.05) is 45.0 Å². The van der Waals surface area contributed by atoms with E-state index in [2.05, 4.69) is 15.2 Å². The minimum atomic E-state index is -0.505. The van der Waals surface area contributed by atoms with Crippen molar-refractivity contribution in [3.8, 4) is 5.88 Å². The molecule has 1 aromatic heterocycles. The molecule has 0 spiro atoms. The summed E-state index contributed by atoms with van der Waals surface area (Å²) in [5.41, 5.74) is 1.11. The smallest absolute Gasteiger partial charge is 0.407 e. The van der Waals surface area contributed by atoms with Crippen LogP contribution < -0.4 is 15.0 Å². The van der Waals surface area contributed by atoms with Gasteiger partial charge in [-0.05, 0) is 39.3 Å². The highest BCUT2D eigenvalue weighted by molar-refractivity contribution is 5.77. The van der Waals surface area contributed by atoms with Crippen LogP contribution in [0.3, 0.4) is 0 Å². The summed E-state index contributed by atoms with van der Waals surface area (Å²) in [5.74, 6) is 1.20. The average molecular weight is 344 g/mol. The van der Waals surface area contributed by atoms with Crippen molar-refractivity contribution in [2.75, 3.05) is 25.1 Å². The second-order valence-electron chi connectivity index (χ2n) is 7.12. The maximum absolute atomic E-state index is 12.0. The fourth-order valence-corrected chi connectivity index (χ4v) is 2.86. The van der Waals surface area contributed by atoms with Gasteiger partial charge in [-0.25, -0.2) is 14.8 Å². The summed E-state index contributed by atoms with van der Waals surface area (Å²) in [5, 5.41) is 2.92. The first kappa shape index (κ1) is 17.3. The zero-order valence-corrected chi connectivity index (χ0v) is 15.1. The number of fused-ring (bicyclic) bond motifs is 1. The van der Waals surface area contributed by atoms with Gasteiger partial charge >= 0.3 is 6.09 Å². The van der Waals surface area contributed by atoms with E-state index in [0.29, 0.717) is 18.2 Å². The third-order valence-corrected chi connectivity index (χ3v) is 3.92. The lowest BCUT2D eigenvalue weighted by Gasteiger charge is -2.22. The maximum atomic E-state index is 12.0. The van der Waals surface area contributed by atoms with Gasteiger partial charge in [0, 0.05) is 13.1 Å². The Labute approximate surface area is 147 Å². The Morgan fingerprint density at radius 3 is 2.56 bits per heavy atom. The molecule has 1 aromatic carbocycles. The normalized spacial score (nSPS) is 17.6. The molecule has 2 heterocycles. The van der Waals surface area contributed by atoms with Crippen molar-refractivity contribution in [2.24, 2.45) is 0 Å². The highest BCUT2D eigenvalue weighted by Gasteiger charge is 2.29. The van der Waals surface area contributed by atoms with Crippen LogP contribution in [0.1, 0.15) is 27.2 Å². The molecule has 1 N–H and O–H groups in total. The minimum absolute atomic E-state index is 0.00725. The summed E-state index contributed by atoms with van der Waals surface area (Å²) in [4.78, 5) is 23.3. The predicted octanol–water partition coefficient (Wildman–Crippen LogP) is 2.74. The van der Waals surface area contributed by atoms with Crippen LogP contribution in [-0.4, -0.2) is 47.9 Å². The first-order valence-electron chi connectivity index (χ1n) is 8.41. The number of para-hydroxylation sites is 2. The number of hydrogen-bond acceptors (Lipinski definition) is 6. The summed E-state index contributed by atoms with van der Waals surface area (Å²) in [6, 6.07) is 7.70. The largest absolute Gasteiger partial charge is 0.478 e. The van der Waals surface area contributed by atoms with Crippen molar-refractivity contribution in [3.63, 3.8) is 0 Å². The van der Waals surface area contributed by atoms with Gasteiger partial charge in [-0.3, -0.25) is 0 Å². The Hall–Kier alpha value is -2.57. The third-order valence-electron chi connectivity index (χ3n) is 3.92. The van der Waals surface area contributed by atoms with Crippen molar-refractivity contribution in [1.29, 1.82) is 0 Å². The summed E-state index contributed by atoms with van der Waals surface area (Å²) >= 11 is 0. The molecule has 0 bridgehead atoms. The number of benzene rings is 1. The molecule has 1 amide bonds. The van der Waals surface area contributed by atoms with E-state index in [-0.39, 0.29) is 6.04 Å². The van der Waals surface area contributed by atoms with Crippen molar-refractivity contribution < 1.29 is 14.3 Å². The van der Waals surface area contributed by atoms with E-state index in [4.69, 9.17) is 14.5 Å². The van der Waals surface area contributed by atoms with Gasteiger partial charge in [-0.2, -0.15) is 0 Å². The predicted molar refractivity (Wildman–Crippen MR) is 96.1 cm³/mol. The molecule has 1 atom stereocenters. The van der Waals surface area contributed by atoms with Crippen LogP contribution in [-0.2, 0) is 4.74 Å². The van der Waals surface area contributed by atoms with Gasteiger partial charge in [0.25, 0.3) is 5.88 Å². The molecule has 7 nitrogen and oxygen atoms in total. The molecule has 1 unspecified atom stereocenters. The van der Waals surface area contributed by atoms with Crippen LogP contribution in [0.2, 0.25) is 0 Å². The molecule has 2 aromatic rings. The van der Waals surface area contributed by atoms with Crippen molar-refractivity contribution in [1.82, 2.24) is 15.3 Å². The molecule has 1 aliphatic rings. The number of amides is 1. The first-order valence-corrected chi connectivity index (χ1v) is 8.41. The van der Waals surface area contributed by atoms with Crippen molar-refractivity contribution >= 4 is 22.9 Å². The number of nitrogens with zero attached hydrogens (tertiary/aromatic N) is 3. The van der Waals surface area contributed by atoms with E-state index in [1.54, 1.807) is 7.11 Å². The standard InChI is InChI=1S/C18H24N4O3/c1-18(2,3)25-17(23)19-12-9-10-22(11-12)15-16(24-4)21-14-8-6-5-7-13(14)20-15/h5-8,12H,9-11H2,1-4H3,(H,19,23). The lowest BCUT2D eigenvalue weighted by Crippen LogP contribution is -2.40. The van der Waals surface area contributed by atoms with Crippen molar-refractivity contribution in [2.45, 2.75) is 38.8 Å². The van der Waals surface area contributed by atoms with Crippen LogP contribution in [0.5, 0.6) is 5.88 Å². The summed E-state index contributed by atoms with van der Waals surface area (Å²) in [7, 11) is 1.59. The van der Waals surface area contributed by atoms with E-state index >= 15 is 0 Å². The molecule has 25 heavy (non-hydrogen) atoms. The number of alkyl carbamates (subject to hydrolysis) is 1. The van der Waals surface area contributed by atoms with E-state index < -0.39 is 11.7 Å². The Kier molecular flexibility index (Phi) is 4.65. The number of rotatable bonds is 3. The molecule has 1 fully saturated rings. The number of nitrogens with one attached hydrogen (secondary N) is 1. The number of carbonyl (C=O) groups is 1. The molecule has 134 valence electrons. The number of anilines is 1. The molecule has 0 saturated carbocycles. The van der Waals surface area contributed by atoms with Crippen LogP contribution in [0.15, 0.2) is 24.3 Å². The molecule has 1 aliphatic heterocycles. The van der Waals surface area contributed by atoms with Gasteiger partial charge in [-0.1, -0.05) is 12.1 Å². The van der Waals surface area contributed by atoms with E-state index in [0.717, 1.165) is 24.0 Å². The van der Waals surface area contributed by atoms with Crippen LogP contribution >= 0.6 is 0 Å². The molecule has 1 saturated heterocycles. The zero-order valence-electron chi connectivity index (χ0n) is 15.1. The second-order valence-corrected chi connectivity index (χ2v) is 7.12.